The average Bonchev–Trinajstić information content (AvgIpc) is 2.41. The molecular formula is C14H9BrClFO2. The molecule has 0 atom stereocenters. The summed E-state index contributed by atoms with van der Waals surface area (Å²) in [7, 11) is 0. The van der Waals surface area contributed by atoms with Crippen LogP contribution >= 0.6 is 27.5 Å². The van der Waals surface area contributed by atoms with Gasteiger partial charge in [0.2, 0.25) is 0 Å². The van der Waals surface area contributed by atoms with Gasteiger partial charge in [0.05, 0.1) is 9.50 Å². The van der Waals surface area contributed by atoms with Crippen LogP contribution in [0.1, 0.15) is 15.9 Å². The van der Waals surface area contributed by atoms with Crippen molar-refractivity contribution < 1.29 is 13.9 Å². The summed E-state index contributed by atoms with van der Waals surface area (Å²) in [6.07, 6.45) is 0.715. The largest absolute Gasteiger partial charge is 0.487 e. The zero-order valence-electron chi connectivity index (χ0n) is 9.70. The minimum absolute atomic E-state index is 0.263. The van der Waals surface area contributed by atoms with Crippen LogP contribution in [0.25, 0.3) is 0 Å². The zero-order valence-corrected chi connectivity index (χ0v) is 12.0. The van der Waals surface area contributed by atoms with Crippen LogP contribution in [-0.4, -0.2) is 6.29 Å². The molecule has 0 spiro atoms. The van der Waals surface area contributed by atoms with Gasteiger partial charge in [-0.15, -0.1) is 0 Å². The second kappa shape index (κ2) is 6.17. The van der Waals surface area contributed by atoms with Gasteiger partial charge in [0, 0.05) is 5.56 Å². The van der Waals surface area contributed by atoms with E-state index in [9.17, 15) is 9.18 Å². The average molecular weight is 344 g/mol. The van der Waals surface area contributed by atoms with E-state index < -0.39 is 0 Å². The van der Waals surface area contributed by atoms with Crippen LogP contribution in [0.4, 0.5) is 4.39 Å². The Hall–Kier alpha value is -1.39. The molecule has 0 unspecified atom stereocenters. The van der Waals surface area contributed by atoms with Gasteiger partial charge in [-0.2, -0.15) is 0 Å². The molecule has 2 nitrogen and oxygen atoms in total. The van der Waals surface area contributed by atoms with Crippen molar-refractivity contribution in [2.45, 2.75) is 6.61 Å². The van der Waals surface area contributed by atoms with E-state index in [1.54, 1.807) is 24.3 Å². The number of carbonyl (C=O) groups excluding carboxylic acids is 1. The van der Waals surface area contributed by atoms with Gasteiger partial charge in [-0.3, -0.25) is 4.79 Å². The second-order valence-electron chi connectivity index (χ2n) is 3.84. The van der Waals surface area contributed by atoms with Crippen LogP contribution in [0.2, 0.25) is 5.02 Å². The van der Waals surface area contributed by atoms with Gasteiger partial charge in [-0.1, -0.05) is 17.7 Å². The predicted molar refractivity (Wildman–Crippen MR) is 75.3 cm³/mol. The molecule has 2 aromatic carbocycles. The van der Waals surface area contributed by atoms with Gasteiger partial charge in [0.1, 0.15) is 24.5 Å². The number of rotatable bonds is 4. The molecule has 0 saturated carbocycles. The Kier molecular flexibility index (Phi) is 4.56. The number of hydrogen-bond donors (Lipinski definition) is 0. The molecule has 0 bridgehead atoms. The molecule has 0 amide bonds. The Labute approximate surface area is 123 Å². The molecule has 98 valence electrons. The Morgan fingerprint density at radius 1 is 1.26 bits per heavy atom. The molecule has 0 aliphatic heterocycles. The third kappa shape index (κ3) is 3.55. The third-order valence-corrected chi connectivity index (χ3v) is 3.37. The smallest absolute Gasteiger partial charge is 0.150 e. The number of ether oxygens (including phenoxy) is 1. The van der Waals surface area contributed by atoms with Gasteiger partial charge in [0.25, 0.3) is 0 Å². The van der Waals surface area contributed by atoms with E-state index in [0.29, 0.717) is 27.1 Å². The van der Waals surface area contributed by atoms with E-state index in [-0.39, 0.29) is 12.4 Å². The van der Waals surface area contributed by atoms with Crippen molar-refractivity contribution in [1.29, 1.82) is 0 Å². The summed E-state index contributed by atoms with van der Waals surface area (Å²) < 4.78 is 19.0. The van der Waals surface area contributed by atoms with Crippen LogP contribution < -0.4 is 4.74 Å². The molecule has 0 N–H and O–H groups in total. The van der Waals surface area contributed by atoms with Gasteiger partial charge < -0.3 is 4.74 Å². The van der Waals surface area contributed by atoms with Crippen molar-refractivity contribution >= 4 is 33.8 Å². The normalized spacial score (nSPS) is 10.3. The first-order valence-electron chi connectivity index (χ1n) is 5.41. The summed E-state index contributed by atoms with van der Waals surface area (Å²) in [5, 5.41) is 0.366. The van der Waals surface area contributed by atoms with Gasteiger partial charge in [-0.05, 0) is 51.8 Å². The number of aldehydes is 1. The lowest BCUT2D eigenvalue weighted by Gasteiger charge is -2.09. The van der Waals surface area contributed by atoms with Crippen molar-refractivity contribution in [3.63, 3.8) is 0 Å². The Morgan fingerprint density at radius 3 is 2.68 bits per heavy atom. The van der Waals surface area contributed by atoms with E-state index in [0.717, 1.165) is 5.56 Å². The molecule has 0 radical (unpaired) electrons. The number of halogens is 3. The summed E-state index contributed by atoms with van der Waals surface area (Å²) in [5.41, 5.74) is 1.30. The molecule has 2 aromatic rings. The maximum Gasteiger partial charge on any atom is 0.150 e. The summed E-state index contributed by atoms with van der Waals surface area (Å²) in [6, 6.07) is 9.42. The second-order valence-corrected chi connectivity index (χ2v) is 5.11. The molecule has 0 aliphatic carbocycles. The highest BCUT2D eigenvalue weighted by molar-refractivity contribution is 9.10. The topological polar surface area (TPSA) is 26.3 Å². The van der Waals surface area contributed by atoms with Crippen LogP contribution in [0.3, 0.4) is 0 Å². The number of benzene rings is 2. The summed E-state index contributed by atoms with van der Waals surface area (Å²) in [4.78, 5) is 10.6. The van der Waals surface area contributed by atoms with E-state index in [1.165, 1.54) is 12.1 Å². The van der Waals surface area contributed by atoms with E-state index in [4.69, 9.17) is 16.3 Å². The van der Waals surface area contributed by atoms with Crippen LogP contribution in [0.15, 0.2) is 40.9 Å². The quantitative estimate of drug-likeness (QED) is 0.756. The van der Waals surface area contributed by atoms with Gasteiger partial charge in [-0.25, -0.2) is 4.39 Å². The maximum absolute atomic E-state index is 13.1. The SMILES string of the molecule is O=Cc1ccc(OCc2ccc(F)c(Br)c2)c(Cl)c1. The predicted octanol–water partition coefficient (Wildman–Crippen LogP) is 4.63. The van der Waals surface area contributed by atoms with Crippen molar-refractivity contribution in [3.05, 3.63) is 62.8 Å². The fourth-order valence-corrected chi connectivity index (χ4v) is 2.17. The van der Waals surface area contributed by atoms with Crippen molar-refractivity contribution in [1.82, 2.24) is 0 Å². The molecule has 0 heterocycles. The molecule has 5 heteroatoms. The summed E-state index contributed by atoms with van der Waals surface area (Å²) in [6.45, 7) is 0.263. The van der Waals surface area contributed by atoms with Gasteiger partial charge >= 0.3 is 0 Å². The van der Waals surface area contributed by atoms with Crippen molar-refractivity contribution in [2.24, 2.45) is 0 Å². The molecular weight excluding hydrogens is 335 g/mol. The van der Waals surface area contributed by atoms with Crippen molar-refractivity contribution in [2.75, 3.05) is 0 Å². The van der Waals surface area contributed by atoms with Crippen LogP contribution in [0.5, 0.6) is 5.75 Å². The lowest BCUT2D eigenvalue weighted by Crippen LogP contribution is -1.97. The monoisotopic (exact) mass is 342 g/mol. The van der Waals surface area contributed by atoms with E-state index in [1.807, 2.05) is 0 Å². The highest BCUT2D eigenvalue weighted by Gasteiger charge is 2.05. The number of carbonyl (C=O) groups is 1. The molecule has 0 fully saturated rings. The lowest BCUT2D eigenvalue weighted by molar-refractivity contribution is 0.112. The Morgan fingerprint density at radius 2 is 2.05 bits per heavy atom. The standard InChI is InChI=1S/C14H9BrClFO2/c15-11-5-10(1-3-13(11)17)8-19-14-4-2-9(7-18)6-12(14)16/h1-7H,8H2. The molecule has 0 saturated heterocycles. The fraction of sp³-hybridized carbons (Fsp3) is 0.0714. The number of hydrogen-bond acceptors (Lipinski definition) is 2. The summed E-state index contributed by atoms with van der Waals surface area (Å²) in [5.74, 6) is 0.157. The highest BCUT2D eigenvalue weighted by Crippen LogP contribution is 2.26. The van der Waals surface area contributed by atoms with Crippen LogP contribution in [-0.2, 0) is 6.61 Å². The Bertz CT molecular complexity index is 616. The highest BCUT2D eigenvalue weighted by atomic mass is 79.9. The Balaban J connectivity index is 2.09. The first-order chi connectivity index (χ1) is 9.10. The van der Waals surface area contributed by atoms with Gasteiger partial charge in [0.15, 0.2) is 0 Å². The summed E-state index contributed by atoms with van der Waals surface area (Å²) >= 11 is 9.09. The molecule has 19 heavy (non-hydrogen) atoms. The van der Waals surface area contributed by atoms with E-state index >= 15 is 0 Å². The van der Waals surface area contributed by atoms with Crippen molar-refractivity contribution in [3.8, 4) is 5.75 Å². The fourth-order valence-electron chi connectivity index (χ4n) is 1.50. The minimum atomic E-state index is -0.322. The molecule has 2 rings (SSSR count). The minimum Gasteiger partial charge on any atom is -0.487 e. The van der Waals surface area contributed by atoms with E-state index in [2.05, 4.69) is 15.9 Å². The molecule has 0 aromatic heterocycles. The lowest BCUT2D eigenvalue weighted by atomic mass is 10.2. The zero-order chi connectivity index (χ0) is 13.8. The third-order valence-electron chi connectivity index (χ3n) is 2.47. The first-order valence-corrected chi connectivity index (χ1v) is 6.58. The van der Waals surface area contributed by atoms with Crippen LogP contribution in [0, 0.1) is 5.82 Å². The maximum atomic E-state index is 13.1. The molecule has 0 aliphatic rings. The first kappa shape index (κ1) is 14.0.